The highest BCUT2D eigenvalue weighted by Crippen LogP contribution is 2.27. The van der Waals surface area contributed by atoms with Crippen LogP contribution in [-0.2, 0) is 11.3 Å². The molecule has 0 aliphatic carbocycles. The van der Waals surface area contributed by atoms with Gasteiger partial charge in [-0.3, -0.25) is 4.79 Å². The van der Waals surface area contributed by atoms with E-state index in [4.69, 9.17) is 10.8 Å². The molecule has 1 aromatic heterocycles. The fourth-order valence-electron chi connectivity index (χ4n) is 3.18. The lowest BCUT2D eigenvalue weighted by Gasteiger charge is -2.20. The molecule has 146 valence electrons. The minimum absolute atomic E-state index is 0.0426. The van der Waals surface area contributed by atoms with E-state index >= 15 is 0 Å². The zero-order chi connectivity index (χ0) is 20.3. The van der Waals surface area contributed by atoms with E-state index in [-0.39, 0.29) is 11.8 Å². The Bertz CT molecular complexity index is 962. The van der Waals surface area contributed by atoms with E-state index in [1.165, 1.54) is 11.1 Å². The minimum atomic E-state index is -0.195. The predicted octanol–water partition coefficient (Wildman–Crippen LogP) is 3.71. The number of rotatable bonds is 6. The van der Waals surface area contributed by atoms with Crippen molar-refractivity contribution in [3.05, 3.63) is 71.4 Å². The highest BCUT2D eigenvalue weighted by Gasteiger charge is 2.20. The van der Waals surface area contributed by atoms with Crippen molar-refractivity contribution in [2.24, 2.45) is 11.7 Å². The summed E-state index contributed by atoms with van der Waals surface area (Å²) in [4.78, 5) is 14.3. The molecule has 0 fully saturated rings. The van der Waals surface area contributed by atoms with Gasteiger partial charge in [0.05, 0.1) is 11.4 Å². The Morgan fingerprint density at radius 2 is 1.86 bits per heavy atom. The number of aromatic nitrogens is 2. The number of nitrogens with zero attached hydrogens (tertiary/aromatic N) is 3. The number of para-hydroxylation sites is 1. The van der Waals surface area contributed by atoms with Gasteiger partial charge < -0.3 is 10.6 Å². The molecule has 0 spiro atoms. The number of carbonyl (C=O) groups excluding carboxylic acids is 1. The highest BCUT2D eigenvalue weighted by atomic mass is 16.2. The molecule has 0 aliphatic rings. The van der Waals surface area contributed by atoms with Crippen molar-refractivity contribution >= 4 is 5.91 Å². The van der Waals surface area contributed by atoms with E-state index in [1.807, 2.05) is 55.2 Å². The smallest absolute Gasteiger partial charge is 0.226 e. The molecule has 28 heavy (non-hydrogen) atoms. The molecule has 2 N–H and O–H groups in total. The summed E-state index contributed by atoms with van der Waals surface area (Å²) in [6.45, 7) is 6.89. The summed E-state index contributed by atoms with van der Waals surface area (Å²) >= 11 is 0. The van der Waals surface area contributed by atoms with Gasteiger partial charge in [-0.2, -0.15) is 5.10 Å². The lowest BCUT2D eigenvalue weighted by Crippen LogP contribution is -2.34. The first-order valence-electron chi connectivity index (χ1n) is 9.57. The van der Waals surface area contributed by atoms with Crippen molar-refractivity contribution in [1.82, 2.24) is 14.7 Å². The zero-order valence-electron chi connectivity index (χ0n) is 17.0. The lowest BCUT2D eigenvalue weighted by molar-refractivity contribution is -0.133. The largest absolute Gasteiger partial charge is 0.341 e. The maximum Gasteiger partial charge on any atom is 0.226 e. The fraction of sp³-hybridized carbons (Fsp3) is 0.304. The first-order chi connectivity index (χ1) is 13.4. The van der Waals surface area contributed by atoms with Crippen molar-refractivity contribution in [1.29, 1.82) is 0 Å². The monoisotopic (exact) mass is 376 g/mol. The maximum absolute atomic E-state index is 12.5. The summed E-state index contributed by atoms with van der Waals surface area (Å²) in [5, 5.41) is 4.85. The number of benzene rings is 2. The summed E-state index contributed by atoms with van der Waals surface area (Å²) in [5.41, 5.74) is 12.1. The molecule has 1 unspecified atom stereocenters. The van der Waals surface area contributed by atoms with Crippen LogP contribution < -0.4 is 5.73 Å². The van der Waals surface area contributed by atoms with Gasteiger partial charge in [0.1, 0.15) is 0 Å². The number of hydrogen-bond donors (Lipinski definition) is 1. The standard InChI is InChI=1S/C23H28N4O/c1-16-10-11-19(12-17(16)2)22-20(14-26(4)23(28)18(3)13-24)15-27(25-22)21-8-6-5-7-9-21/h5-12,15,18H,13-14,24H2,1-4H3. The summed E-state index contributed by atoms with van der Waals surface area (Å²) < 4.78 is 1.88. The zero-order valence-corrected chi connectivity index (χ0v) is 17.0. The van der Waals surface area contributed by atoms with Crippen LogP contribution in [0.5, 0.6) is 0 Å². The first kappa shape index (κ1) is 19.8. The second-order valence-electron chi connectivity index (χ2n) is 7.41. The molecule has 1 atom stereocenters. The number of carbonyl (C=O) groups is 1. The third kappa shape index (κ3) is 4.15. The summed E-state index contributed by atoms with van der Waals surface area (Å²) in [6, 6.07) is 16.4. The minimum Gasteiger partial charge on any atom is -0.341 e. The van der Waals surface area contributed by atoms with E-state index < -0.39 is 0 Å². The second kappa shape index (κ2) is 8.40. The van der Waals surface area contributed by atoms with E-state index in [1.54, 1.807) is 4.90 Å². The van der Waals surface area contributed by atoms with Crippen LogP contribution in [0.3, 0.4) is 0 Å². The topological polar surface area (TPSA) is 64.2 Å². The quantitative estimate of drug-likeness (QED) is 0.713. The van der Waals surface area contributed by atoms with Crippen molar-refractivity contribution in [3.63, 3.8) is 0 Å². The van der Waals surface area contributed by atoms with Crippen molar-refractivity contribution in [2.75, 3.05) is 13.6 Å². The van der Waals surface area contributed by atoms with Gasteiger partial charge in [-0.05, 0) is 43.2 Å². The van der Waals surface area contributed by atoms with Gasteiger partial charge in [-0.25, -0.2) is 4.68 Å². The summed E-state index contributed by atoms with van der Waals surface area (Å²) in [7, 11) is 1.82. The fourth-order valence-corrected chi connectivity index (χ4v) is 3.18. The predicted molar refractivity (Wildman–Crippen MR) is 113 cm³/mol. The molecule has 0 saturated heterocycles. The second-order valence-corrected chi connectivity index (χ2v) is 7.41. The van der Waals surface area contributed by atoms with Crippen LogP contribution in [0.25, 0.3) is 16.9 Å². The van der Waals surface area contributed by atoms with Gasteiger partial charge in [0.2, 0.25) is 5.91 Å². The Balaban J connectivity index is 2.02. The third-order valence-corrected chi connectivity index (χ3v) is 5.15. The van der Waals surface area contributed by atoms with Crippen molar-refractivity contribution in [3.8, 4) is 16.9 Å². The Morgan fingerprint density at radius 1 is 1.14 bits per heavy atom. The molecular formula is C23H28N4O. The van der Waals surface area contributed by atoms with Crippen LogP contribution in [-0.4, -0.2) is 34.2 Å². The van der Waals surface area contributed by atoms with Crippen LogP contribution in [0.2, 0.25) is 0 Å². The van der Waals surface area contributed by atoms with Gasteiger partial charge in [0.15, 0.2) is 0 Å². The molecule has 2 aromatic carbocycles. The van der Waals surface area contributed by atoms with Gasteiger partial charge >= 0.3 is 0 Å². The van der Waals surface area contributed by atoms with E-state index in [0.717, 1.165) is 22.5 Å². The molecule has 5 nitrogen and oxygen atoms in total. The molecular weight excluding hydrogens is 348 g/mol. The molecule has 0 aliphatic heterocycles. The molecule has 0 radical (unpaired) electrons. The normalized spacial score (nSPS) is 12.0. The van der Waals surface area contributed by atoms with E-state index in [9.17, 15) is 4.79 Å². The molecule has 5 heteroatoms. The van der Waals surface area contributed by atoms with Crippen LogP contribution in [0.1, 0.15) is 23.6 Å². The highest BCUT2D eigenvalue weighted by molar-refractivity contribution is 5.78. The Morgan fingerprint density at radius 3 is 2.50 bits per heavy atom. The maximum atomic E-state index is 12.5. The Labute approximate surface area is 166 Å². The molecule has 0 bridgehead atoms. The average Bonchev–Trinajstić information content (AvgIpc) is 3.13. The van der Waals surface area contributed by atoms with Crippen LogP contribution in [0.4, 0.5) is 0 Å². The summed E-state index contributed by atoms with van der Waals surface area (Å²) in [6.07, 6.45) is 2.01. The molecule has 1 amide bonds. The average molecular weight is 377 g/mol. The number of nitrogens with two attached hydrogens (primary N) is 1. The van der Waals surface area contributed by atoms with Crippen LogP contribution in [0.15, 0.2) is 54.7 Å². The van der Waals surface area contributed by atoms with Gasteiger partial charge in [-0.1, -0.05) is 37.3 Å². The van der Waals surface area contributed by atoms with Crippen molar-refractivity contribution < 1.29 is 4.79 Å². The number of amides is 1. The van der Waals surface area contributed by atoms with Gasteiger partial charge in [0.25, 0.3) is 0 Å². The lowest BCUT2D eigenvalue weighted by atomic mass is 10.0. The molecule has 3 aromatic rings. The Hall–Kier alpha value is -2.92. The summed E-state index contributed by atoms with van der Waals surface area (Å²) in [5.74, 6) is -0.153. The van der Waals surface area contributed by atoms with Crippen LogP contribution >= 0.6 is 0 Å². The van der Waals surface area contributed by atoms with Gasteiger partial charge in [-0.15, -0.1) is 0 Å². The molecule has 3 rings (SSSR count). The number of hydrogen-bond acceptors (Lipinski definition) is 3. The molecule has 0 saturated carbocycles. The van der Waals surface area contributed by atoms with E-state index in [0.29, 0.717) is 13.1 Å². The van der Waals surface area contributed by atoms with Gasteiger partial charge in [0, 0.05) is 43.4 Å². The SMILES string of the molecule is Cc1ccc(-c2nn(-c3ccccc3)cc2CN(C)C(=O)C(C)CN)cc1C. The molecule has 1 heterocycles. The Kier molecular flexibility index (Phi) is 5.95. The first-order valence-corrected chi connectivity index (χ1v) is 9.57. The number of aryl methyl sites for hydroxylation is 2. The van der Waals surface area contributed by atoms with Crippen LogP contribution in [0, 0.1) is 19.8 Å². The van der Waals surface area contributed by atoms with Crippen molar-refractivity contribution in [2.45, 2.75) is 27.3 Å². The third-order valence-electron chi connectivity index (χ3n) is 5.15. The van der Waals surface area contributed by atoms with E-state index in [2.05, 4.69) is 32.0 Å².